The highest BCUT2D eigenvalue weighted by Crippen LogP contribution is 2.29. The molecule has 2 amide bonds. The summed E-state index contributed by atoms with van der Waals surface area (Å²) in [5.74, 6) is 1.28. The Morgan fingerprint density at radius 1 is 1.46 bits per heavy atom. The van der Waals surface area contributed by atoms with Crippen LogP contribution in [0.2, 0.25) is 0 Å². The molecule has 0 bridgehead atoms. The Bertz CT molecular complexity index is 576. The third kappa shape index (κ3) is 3.77. The summed E-state index contributed by atoms with van der Waals surface area (Å²) < 4.78 is 5.83. The van der Waals surface area contributed by atoms with Gasteiger partial charge in [0.1, 0.15) is 6.10 Å². The van der Waals surface area contributed by atoms with E-state index < -0.39 is 0 Å². The van der Waals surface area contributed by atoms with Crippen LogP contribution < -0.4 is 10.2 Å². The Labute approximate surface area is 143 Å². The van der Waals surface area contributed by atoms with E-state index in [-0.39, 0.29) is 18.2 Å². The molecule has 2 aliphatic rings. The number of morpholine rings is 1. The average Bonchev–Trinajstić information content (AvgIpc) is 2.53. The Morgan fingerprint density at radius 3 is 2.92 bits per heavy atom. The van der Waals surface area contributed by atoms with Crippen LogP contribution in [0.15, 0.2) is 12.3 Å². The minimum atomic E-state index is -0.204. The van der Waals surface area contributed by atoms with Crippen LogP contribution in [0.5, 0.6) is 0 Å². The van der Waals surface area contributed by atoms with Gasteiger partial charge in [0.2, 0.25) is 5.95 Å². The molecule has 1 saturated carbocycles. The van der Waals surface area contributed by atoms with Gasteiger partial charge in [0.05, 0.1) is 18.8 Å². The van der Waals surface area contributed by atoms with Gasteiger partial charge in [-0.1, -0.05) is 6.42 Å². The summed E-state index contributed by atoms with van der Waals surface area (Å²) in [6.07, 6.45) is 5.26. The molecule has 0 radical (unpaired) electrons. The number of hydrogen-bond acceptors (Lipinski definition) is 5. The first kappa shape index (κ1) is 17.0. The molecular weight excluding hydrogens is 306 g/mol. The van der Waals surface area contributed by atoms with E-state index in [9.17, 15) is 4.79 Å². The van der Waals surface area contributed by atoms with Gasteiger partial charge in [-0.05, 0) is 31.7 Å². The highest BCUT2D eigenvalue weighted by atomic mass is 16.5. The van der Waals surface area contributed by atoms with Crippen LogP contribution in [-0.2, 0) is 4.74 Å². The number of hydrogen-bond donors (Lipinski definition) is 1. The number of carbonyl (C=O) groups excluding carboxylic acids is 1. The Hall–Kier alpha value is -1.89. The molecule has 1 aromatic heterocycles. The molecule has 0 spiro atoms. The lowest BCUT2D eigenvalue weighted by Crippen LogP contribution is -2.51. The summed E-state index contributed by atoms with van der Waals surface area (Å²) in [4.78, 5) is 25.0. The third-order valence-electron chi connectivity index (χ3n) is 4.96. The second-order valence-electron chi connectivity index (χ2n) is 6.91. The third-order valence-corrected chi connectivity index (χ3v) is 4.96. The van der Waals surface area contributed by atoms with Gasteiger partial charge in [-0.15, -0.1) is 0 Å². The van der Waals surface area contributed by atoms with E-state index in [1.54, 1.807) is 6.20 Å². The summed E-state index contributed by atoms with van der Waals surface area (Å²) in [5, 5.41) is 3.14. The van der Waals surface area contributed by atoms with E-state index >= 15 is 0 Å². The van der Waals surface area contributed by atoms with Crippen LogP contribution in [0.4, 0.5) is 10.7 Å². The highest BCUT2D eigenvalue weighted by molar-refractivity contribution is 5.74. The fourth-order valence-electron chi connectivity index (χ4n) is 3.11. The lowest BCUT2D eigenvalue weighted by Gasteiger charge is -2.36. The number of amides is 2. The minimum absolute atomic E-state index is 0.00425. The molecule has 132 valence electrons. The molecule has 2 heterocycles. The number of ether oxygens (including phenoxy) is 1. The van der Waals surface area contributed by atoms with Crippen LogP contribution in [0.1, 0.15) is 38.0 Å². The number of carbonyl (C=O) groups is 1. The number of urea groups is 1. The van der Waals surface area contributed by atoms with Crippen molar-refractivity contribution in [2.24, 2.45) is 5.92 Å². The molecule has 1 N–H and O–H groups in total. The molecule has 0 aromatic carbocycles. The first-order valence-electron chi connectivity index (χ1n) is 8.72. The predicted octanol–water partition coefficient (Wildman–Crippen LogP) is 1.81. The SMILES string of the molecule is C[C@@H](NC(=O)N1CCO[C@H](c2ccnc(N(C)C)n2)C1)C1CCC1. The molecule has 7 heteroatoms. The molecule has 3 rings (SSSR count). The zero-order chi connectivity index (χ0) is 17.1. The van der Waals surface area contributed by atoms with Crippen molar-refractivity contribution in [2.75, 3.05) is 38.7 Å². The second-order valence-corrected chi connectivity index (χ2v) is 6.91. The van der Waals surface area contributed by atoms with Crippen molar-refractivity contribution in [1.82, 2.24) is 20.2 Å². The van der Waals surface area contributed by atoms with Crippen LogP contribution in [0, 0.1) is 5.92 Å². The van der Waals surface area contributed by atoms with Crippen molar-refractivity contribution in [3.05, 3.63) is 18.0 Å². The van der Waals surface area contributed by atoms with Gasteiger partial charge in [-0.3, -0.25) is 0 Å². The van der Waals surface area contributed by atoms with Gasteiger partial charge in [-0.2, -0.15) is 0 Å². The molecule has 1 aromatic rings. The Morgan fingerprint density at radius 2 is 2.25 bits per heavy atom. The monoisotopic (exact) mass is 333 g/mol. The minimum Gasteiger partial charge on any atom is -0.368 e. The first-order chi connectivity index (χ1) is 11.5. The summed E-state index contributed by atoms with van der Waals surface area (Å²) in [5.41, 5.74) is 0.818. The summed E-state index contributed by atoms with van der Waals surface area (Å²) in [6.45, 7) is 3.77. The van der Waals surface area contributed by atoms with Crippen LogP contribution in [-0.4, -0.2) is 60.7 Å². The lowest BCUT2D eigenvalue weighted by molar-refractivity contribution is -0.0183. The zero-order valence-electron chi connectivity index (χ0n) is 14.7. The molecule has 7 nitrogen and oxygen atoms in total. The van der Waals surface area contributed by atoms with Crippen molar-refractivity contribution in [3.8, 4) is 0 Å². The van der Waals surface area contributed by atoms with Crippen molar-refractivity contribution < 1.29 is 9.53 Å². The van der Waals surface area contributed by atoms with E-state index in [4.69, 9.17) is 4.74 Å². The quantitative estimate of drug-likeness (QED) is 0.910. The van der Waals surface area contributed by atoms with E-state index in [0.717, 1.165) is 5.69 Å². The predicted molar refractivity (Wildman–Crippen MR) is 92.0 cm³/mol. The Balaban J connectivity index is 1.61. The molecule has 24 heavy (non-hydrogen) atoms. The molecule has 1 aliphatic heterocycles. The summed E-state index contributed by atoms with van der Waals surface area (Å²) in [7, 11) is 3.81. The summed E-state index contributed by atoms with van der Waals surface area (Å²) in [6, 6.07) is 2.10. The van der Waals surface area contributed by atoms with E-state index in [2.05, 4.69) is 22.2 Å². The molecule has 2 fully saturated rings. The number of rotatable bonds is 4. The number of anilines is 1. The standard InChI is InChI=1S/C17H27N5O2/c1-12(13-5-4-6-13)19-17(23)22-9-10-24-15(11-22)14-7-8-18-16(20-14)21(2)3/h7-8,12-13,15H,4-6,9-11H2,1-3H3,(H,19,23)/t12-,15+/m1/s1. The van der Waals surface area contributed by atoms with E-state index in [0.29, 0.717) is 31.6 Å². The van der Waals surface area contributed by atoms with Gasteiger partial charge < -0.3 is 19.9 Å². The largest absolute Gasteiger partial charge is 0.368 e. The van der Waals surface area contributed by atoms with Crippen molar-refractivity contribution in [2.45, 2.75) is 38.3 Å². The second kappa shape index (κ2) is 7.34. The first-order valence-corrected chi connectivity index (χ1v) is 8.72. The molecule has 0 unspecified atom stereocenters. The van der Waals surface area contributed by atoms with Gasteiger partial charge in [0.15, 0.2) is 0 Å². The van der Waals surface area contributed by atoms with Gasteiger partial charge in [0.25, 0.3) is 0 Å². The van der Waals surface area contributed by atoms with Gasteiger partial charge >= 0.3 is 6.03 Å². The molecular formula is C17H27N5O2. The fraction of sp³-hybridized carbons (Fsp3) is 0.706. The van der Waals surface area contributed by atoms with E-state index in [1.165, 1.54) is 19.3 Å². The fourth-order valence-corrected chi connectivity index (χ4v) is 3.11. The van der Waals surface area contributed by atoms with Crippen LogP contribution >= 0.6 is 0 Å². The molecule has 2 atom stereocenters. The normalized spacial score (nSPS) is 22.6. The van der Waals surface area contributed by atoms with Gasteiger partial charge in [0, 0.05) is 32.9 Å². The number of nitrogens with zero attached hydrogens (tertiary/aromatic N) is 4. The van der Waals surface area contributed by atoms with Crippen molar-refractivity contribution in [3.63, 3.8) is 0 Å². The number of aromatic nitrogens is 2. The average molecular weight is 333 g/mol. The lowest BCUT2D eigenvalue weighted by atomic mass is 9.80. The summed E-state index contributed by atoms with van der Waals surface area (Å²) >= 11 is 0. The van der Waals surface area contributed by atoms with Gasteiger partial charge in [-0.25, -0.2) is 14.8 Å². The maximum Gasteiger partial charge on any atom is 0.317 e. The molecule has 1 aliphatic carbocycles. The maximum absolute atomic E-state index is 12.5. The van der Waals surface area contributed by atoms with E-state index in [1.807, 2.05) is 30.0 Å². The topological polar surface area (TPSA) is 70.6 Å². The van der Waals surface area contributed by atoms with Crippen molar-refractivity contribution >= 4 is 12.0 Å². The van der Waals surface area contributed by atoms with Crippen LogP contribution in [0.25, 0.3) is 0 Å². The Kier molecular flexibility index (Phi) is 5.18. The smallest absolute Gasteiger partial charge is 0.317 e. The van der Waals surface area contributed by atoms with Crippen LogP contribution in [0.3, 0.4) is 0 Å². The maximum atomic E-state index is 12.5. The zero-order valence-corrected chi connectivity index (χ0v) is 14.7. The highest BCUT2D eigenvalue weighted by Gasteiger charge is 2.30. The molecule has 1 saturated heterocycles. The van der Waals surface area contributed by atoms with Crippen molar-refractivity contribution in [1.29, 1.82) is 0 Å². The number of nitrogens with one attached hydrogen (secondary N) is 1.